The van der Waals surface area contributed by atoms with Gasteiger partial charge in [0.15, 0.2) is 0 Å². The maximum atomic E-state index is 12.2. The first-order valence-electron chi connectivity index (χ1n) is 7.82. The quantitative estimate of drug-likeness (QED) is 0.771. The fraction of sp³-hybridized carbons (Fsp3) is 0.235. The van der Waals surface area contributed by atoms with Crippen LogP contribution in [-0.4, -0.2) is 27.0 Å². The lowest BCUT2D eigenvalue weighted by Gasteiger charge is -2.09. The zero-order valence-corrected chi connectivity index (χ0v) is 14.3. The third-order valence-electron chi connectivity index (χ3n) is 3.66. The van der Waals surface area contributed by atoms with Crippen LogP contribution >= 0.6 is 0 Å². The lowest BCUT2D eigenvalue weighted by molar-refractivity contribution is -0.0498. The molecule has 0 aromatic heterocycles. The average Bonchev–Trinajstić information content (AvgIpc) is 3.39. The third kappa shape index (κ3) is 4.77. The molecule has 0 saturated heterocycles. The number of sulfonamides is 1. The van der Waals surface area contributed by atoms with Gasteiger partial charge in [0.1, 0.15) is 5.75 Å². The standard InChI is InChI=1S/C17H16F2N2O4S/c18-17(19)25-14-7-5-12(6-8-14)20-16(22)11-1-9-15(10-2-11)26(23,24)21-13-3-4-13/h1-2,5-10,13,17,21H,3-4H2,(H,20,22). The van der Waals surface area contributed by atoms with E-state index in [9.17, 15) is 22.0 Å². The number of hydrogen-bond donors (Lipinski definition) is 2. The van der Waals surface area contributed by atoms with Crippen molar-refractivity contribution in [3.8, 4) is 5.75 Å². The molecule has 9 heteroatoms. The van der Waals surface area contributed by atoms with E-state index >= 15 is 0 Å². The molecule has 0 bridgehead atoms. The summed E-state index contributed by atoms with van der Waals surface area (Å²) >= 11 is 0. The molecule has 6 nitrogen and oxygen atoms in total. The second kappa shape index (κ2) is 7.38. The van der Waals surface area contributed by atoms with Crippen molar-refractivity contribution in [1.82, 2.24) is 4.72 Å². The number of carbonyl (C=O) groups excluding carboxylic acids is 1. The zero-order chi connectivity index (χ0) is 18.7. The Morgan fingerprint density at radius 1 is 1.04 bits per heavy atom. The first-order valence-corrected chi connectivity index (χ1v) is 9.30. The fourth-order valence-corrected chi connectivity index (χ4v) is 3.50. The molecule has 1 aliphatic carbocycles. The molecule has 26 heavy (non-hydrogen) atoms. The summed E-state index contributed by atoms with van der Waals surface area (Å²) in [5, 5.41) is 2.59. The van der Waals surface area contributed by atoms with E-state index in [0.29, 0.717) is 5.69 Å². The summed E-state index contributed by atoms with van der Waals surface area (Å²) in [5.74, 6) is -0.470. The molecule has 2 N–H and O–H groups in total. The van der Waals surface area contributed by atoms with E-state index in [1.165, 1.54) is 48.5 Å². The van der Waals surface area contributed by atoms with Crippen molar-refractivity contribution in [2.75, 3.05) is 5.32 Å². The Morgan fingerprint density at radius 2 is 1.65 bits per heavy atom. The second-order valence-electron chi connectivity index (χ2n) is 5.78. The predicted octanol–water partition coefficient (Wildman–Crippen LogP) is 2.98. The highest BCUT2D eigenvalue weighted by Crippen LogP contribution is 2.22. The van der Waals surface area contributed by atoms with Crippen molar-refractivity contribution in [3.05, 3.63) is 54.1 Å². The molecule has 2 aromatic carbocycles. The normalized spacial score (nSPS) is 14.3. The van der Waals surface area contributed by atoms with Gasteiger partial charge in [-0.3, -0.25) is 4.79 Å². The van der Waals surface area contributed by atoms with E-state index in [1.54, 1.807) is 0 Å². The molecule has 1 amide bonds. The number of halogens is 2. The lowest BCUT2D eigenvalue weighted by atomic mass is 10.2. The van der Waals surface area contributed by atoms with E-state index in [2.05, 4.69) is 14.8 Å². The summed E-state index contributed by atoms with van der Waals surface area (Å²) in [5.41, 5.74) is 0.659. The molecule has 0 radical (unpaired) electrons. The van der Waals surface area contributed by atoms with Gasteiger partial charge in [-0.2, -0.15) is 8.78 Å². The summed E-state index contributed by atoms with van der Waals surface area (Å²) in [6.45, 7) is -2.92. The average molecular weight is 382 g/mol. The molecule has 0 aliphatic heterocycles. The van der Waals surface area contributed by atoms with E-state index in [1.807, 2.05) is 0 Å². The molecule has 0 spiro atoms. The van der Waals surface area contributed by atoms with Crippen LogP contribution in [0.5, 0.6) is 5.75 Å². The van der Waals surface area contributed by atoms with Gasteiger partial charge in [0.25, 0.3) is 5.91 Å². The Kier molecular flexibility index (Phi) is 5.19. The van der Waals surface area contributed by atoms with Crippen LogP contribution in [0.3, 0.4) is 0 Å². The van der Waals surface area contributed by atoms with Crippen LogP contribution in [0.2, 0.25) is 0 Å². The molecule has 1 saturated carbocycles. The number of benzene rings is 2. The Labute approximate surface area is 149 Å². The number of amides is 1. The highest BCUT2D eigenvalue weighted by Gasteiger charge is 2.27. The van der Waals surface area contributed by atoms with Crippen molar-refractivity contribution in [2.45, 2.75) is 30.4 Å². The van der Waals surface area contributed by atoms with Gasteiger partial charge in [-0.25, -0.2) is 13.1 Å². The van der Waals surface area contributed by atoms with Gasteiger partial charge in [-0.05, 0) is 61.4 Å². The smallest absolute Gasteiger partial charge is 0.387 e. The first-order chi connectivity index (χ1) is 12.3. The first kappa shape index (κ1) is 18.3. The summed E-state index contributed by atoms with van der Waals surface area (Å²) in [6, 6.07) is 11.0. The molecule has 138 valence electrons. The zero-order valence-electron chi connectivity index (χ0n) is 13.5. The number of carbonyl (C=O) groups is 1. The Balaban J connectivity index is 1.64. The number of alkyl halides is 2. The largest absolute Gasteiger partial charge is 0.435 e. The molecule has 1 aliphatic rings. The van der Waals surface area contributed by atoms with Gasteiger partial charge in [-0.1, -0.05) is 0 Å². The van der Waals surface area contributed by atoms with Crippen molar-refractivity contribution < 1.29 is 26.7 Å². The van der Waals surface area contributed by atoms with Gasteiger partial charge in [-0.15, -0.1) is 0 Å². The number of anilines is 1. The minimum absolute atomic E-state index is 0.00000262. The van der Waals surface area contributed by atoms with Crippen LogP contribution in [0.4, 0.5) is 14.5 Å². The SMILES string of the molecule is O=C(Nc1ccc(OC(F)F)cc1)c1ccc(S(=O)(=O)NC2CC2)cc1. The van der Waals surface area contributed by atoms with Gasteiger partial charge >= 0.3 is 6.61 Å². The topological polar surface area (TPSA) is 84.5 Å². The molecular weight excluding hydrogens is 366 g/mol. The van der Waals surface area contributed by atoms with Crippen LogP contribution < -0.4 is 14.8 Å². The molecule has 1 fully saturated rings. The summed E-state index contributed by atoms with van der Waals surface area (Å²) in [6.07, 6.45) is 1.67. The van der Waals surface area contributed by atoms with Gasteiger partial charge < -0.3 is 10.1 Å². The third-order valence-corrected chi connectivity index (χ3v) is 5.20. The maximum Gasteiger partial charge on any atom is 0.387 e. The van der Waals surface area contributed by atoms with Crippen LogP contribution in [0, 0.1) is 0 Å². The van der Waals surface area contributed by atoms with E-state index in [4.69, 9.17) is 0 Å². The molecular formula is C17H16F2N2O4S. The molecule has 3 rings (SSSR count). The second-order valence-corrected chi connectivity index (χ2v) is 7.49. The van der Waals surface area contributed by atoms with Crippen LogP contribution in [0.15, 0.2) is 53.4 Å². The van der Waals surface area contributed by atoms with Gasteiger partial charge in [0.05, 0.1) is 4.90 Å². The van der Waals surface area contributed by atoms with Crippen molar-refractivity contribution in [3.63, 3.8) is 0 Å². The fourth-order valence-electron chi connectivity index (χ4n) is 2.20. The van der Waals surface area contributed by atoms with Crippen molar-refractivity contribution in [2.24, 2.45) is 0 Å². The maximum absolute atomic E-state index is 12.2. The Bertz CT molecular complexity index is 880. The lowest BCUT2D eigenvalue weighted by Crippen LogP contribution is -2.25. The predicted molar refractivity (Wildman–Crippen MR) is 90.8 cm³/mol. The summed E-state index contributed by atoms with van der Waals surface area (Å²) in [4.78, 5) is 12.3. The van der Waals surface area contributed by atoms with Crippen LogP contribution in [0.1, 0.15) is 23.2 Å². The summed E-state index contributed by atoms with van der Waals surface area (Å²) < 4.78 is 55.2. The number of ether oxygens (including phenoxy) is 1. The molecule has 0 atom stereocenters. The monoisotopic (exact) mass is 382 g/mol. The summed E-state index contributed by atoms with van der Waals surface area (Å²) in [7, 11) is -3.57. The van der Waals surface area contributed by atoms with Crippen molar-refractivity contribution >= 4 is 21.6 Å². The van der Waals surface area contributed by atoms with E-state index in [0.717, 1.165) is 12.8 Å². The van der Waals surface area contributed by atoms with Crippen LogP contribution in [0.25, 0.3) is 0 Å². The highest BCUT2D eigenvalue weighted by atomic mass is 32.2. The number of rotatable bonds is 7. The van der Waals surface area contributed by atoms with E-state index in [-0.39, 0.29) is 22.3 Å². The minimum atomic E-state index is -3.57. The van der Waals surface area contributed by atoms with Crippen LogP contribution in [-0.2, 0) is 10.0 Å². The number of hydrogen-bond acceptors (Lipinski definition) is 4. The Hall–Kier alpha value is -2.52. The molecule has 0 heterocycles. The molecule has 0 unspecified atom stereocenters. The minimum Gasteiger partial charge on any atom is -0.435 e. The van der Waals surface area contributed by atoms with Gasteiger partial charge in [0.2, 0.25) is 10.0 Å². The highest BCUT2D eigenvalue weighted by molar-refractivity contribution is 7.89. The molecule has 2 aromatic rings. The van der Waals surface area contributed by atoms with Gasteiger partial charge in [0, 0.05) is 17.3 Å². The van der Waals surface area contributed by atoms with Crippen molar-refractivity contribution in [1.29, 1.82) is 0 Å². The Morgan fingerprint density at radius 3 is 2.19 bits per heavy atom. The number of nitrogens with one attached hydrogen (secondary N) is 2. The van der Waals surface area contributed by atoms with E-state index < -0.39 is 22.5 Å².